The topological polar surface area (TPSA) is 88.1 Å². The van der Waals surface area contributed by atoms with Gasteiger partial charge >= 0.3 is 0 Å². The van der Waals surface area contributed by atoms with Gasteiger partial charge in [-0.05, 0) is 42.3 Å². The van der Waals surface area contributed by atoms with Crippen molar-refractivity contribution in [1.29, 1.82) is 0 Å². The van der Waals surface area contributed by atoms with E-state index >= 15 is 0 Å². The van der Waals surface area contributed by atoms with E-state index in [0.29, 0.717) is 23.4 Å². The van der Waals surface area contributed by atoms with Gasteiger partial charge in [-0.1, -0.05) is 55.5 Å². The second kappa shape index (κ2) is 10.6. The number of aryl methyl sites for hydroxylation is 1. The van der Waals surface area contributed by atoms with Gasteiger partial charge in [-0.25, -0.2) is 13.8 Å². The van der Waals surface area contributed by atoms with Crippen molar-refractivity contribution >= 4 is 27.8 Å². The van der Waals surface area contributed by atoms with E-state index in [4.69, 9.17) is 4.74 Å². The zero-order valence-electron chi connectivity index (χ0n) is 17.9. The maximum absolute atomic E-state index is 13.4. The van der Waals surface area contributed by atoms with Gasteiger partial charge in [0.05, 0.1) is 23.9 Å². The number of sulfonamides is 1. The maximum Gasteiger partial charge on any atom is 0.264 e. The molecule has 1 amide bonds. The van der Waals surface area contributed by atoms with Crippen molar-refractivity contribution in [1.82, 2.24) is 5.43 Å². The van der Waals surface area contributed by atoms with Crippen molar-refractivity contribution in [3.05, 3.63) is 90.0 Å². The Hall–Kier alpha value is -3.65. The molecule has 0 unspecified atom stereocenters. The highest BCUT2D eigenvalue weighted by molar-refractivity contribution is 7.92. The average molecular weight is 452 g/mol. The molecule has 3 aromatic rings. The van der Waals surface area contributed by atoms with Crippen LogP contribution in [0.1, 0.15) is 18.1 Å². The molecule has 0 bridgehead atoms. The van der Waals surface area contributed by atoms with Crippen LogP contribution < -0.4 is 14.5 Å². The molecule has 0 aliphatic heterocycles. The third-order valence-electron chi connectivity index (χ3n) is 4.79. The van der Waals surface area contributed by atoms with Crippen LogP contribution in [0.5, 0.6) is 5.75 Å². The lowest BCUT2D eigenvalue weighted by molar-refractivity contribution is -0.119. The first-order valence-electron chi connectivity index (χ1n) is 10.1. The molecule has 32 heavy (non-hydrogen) atoms. The van der Waals surface area contributed by atoms with Crippen molar-refractivity contribution in [2.75, 3.05) is 18.0 Å². The highest BCUT2D eigenvalue weighted by Crippen LogP contribution is 2.27. The van der Waals surface area contributed by atoms with E-state index in [0.717, 1.165) is 9.87 Å². The maximum atomic E-state index is 13.4. The summed E-state index contributed by atoms with van der Waals surface area (Å²) in [6.07, 6.45) is 2.07. The minimum absolute atomic E-state index is 0.108. The Morgan fingerprint density at radius 1 is 1.00 bits per heavy atom. The number of amides is 1. The number of nitrogens with zero attached hydrogens (tertiary/aromatic N) is 2. The first-order valence-corrected chi connectivity index (χ1v) is 11.5. The van der Waals surface area contributed by atoms with E-state index in [1.807, 2.05) is 31.2 Å². The molecular formula is C24H25N3O4S. The quantitative estimate of drug-likeness (QED) is 0.398. The first-order chi connectivity index (χ1) is 15.5. The summed E-state index contributed by atoms with van der Waals surface area (Å²) in [5.41, 5.74) is 4.37. The number of carbonyl (C=O) groups is 1. The SMILES string of the molecule is CCc1ccccc1N(CC(=O)N/N=C\c1ccccc1OC)S(=O)(=O)c1ccccc1. The summed E-state index contributed by atoms with van der Waals surface area (Å²) in [6, 6.07) is 22.4. The Kier molecular flexibility index (Phi) is 7.62. The fraction of sp³-hybridized carbons (Fsp3) is 0.167. The number of carbonyl (C=O) groups excluding carboxylic acids is 1. The van der Waals surface area contributed by atoms with Crippen LogP contribution in [0, 0.1) is 0 Å². The molecule has 3 aromatic carbocycles. The molecule has 7 nitrogen and oxygen atoms in total. The number of hydrazone groups is 1. The number of nitrogens with one attached hydrogen (secondary N) is 1. The fourth-order valence-corrected chi connectivity index (χ4v) is 4.66. The molecule has 0 atom stereocenters. The van der Waals surface area contributed by atoms with Gasteiger partial charge in [0.25, 0.3) is 15.9 Å². The lowest BCUT2D eigenvalue weighted by Gasteiger charge is -2.25. The number of hydrogen-bond acceptors (Lipinski definition) is 5. The third-order valence-corrected chi connectivity index (χ3v) is 6.57. The number of hydrogen-bond donors (Lipinski definition) is 1. The summed E-state index contributed by atoms with van der Waals surface area (Å²) >= 11 is 0. The molecule has 0 fully saturated rings. The van der Waals surface area contributed by atoms with Gasteiger partial charge in [-0.15, -0.1) is 0 Å². The van der Waals surface area contributed by atoms with Gasteiger partial charge in [0.1, 0.15) is 12.3 Å². The van der Waals surface area contributed by atoms with Gasteiger partial charge in [0, 0.05) is 5.56 Å². The molecule has 1 N–H and O–H groups in total. The smallest absolute Gasteiger partial charge is 0.264 e. The first kappa shape index (κ1) is 23.0. The van der Waals surface area contributed by atoms with Crippen molar-refractivity contribution in [2.24, 2.45) is 5.10 Å². The number of para-hydroxylation sites is 2. The Bertz CT molecular complexity index is 1190. The molecule has 3 rings (SSSR count). The summed E-state index contributed by atoms with van der Waals surface area (Å²) in [7, 11) is -2.42. The molecule has 0 saturated heterocycles. The molecule has 0 spiro atoms. The molecule has 166 valence electrons. The van der Waals surface area contributed by atoms with Gasteiger partial charge in [0.2, 0.25) is 0 Å². The van der Waals surface area contributed by atoms with Crippen LogP contribution in [-0.2, 0) is 21.2 Å². The van der Waals surface area contributed by atoms with Crippen LogP contribution in [-0.4, -0.2) is 34.2 Å². The summed E-state index contributed by atoms with van der Waals surface area (Å²) in [6.45, 7) is 1.52. The zero-order chi connectivity index (χ0) is 23.0. The number of ether oxygens (including phenoxy) is 1. The molecule has 0 aromatic heterocycles. The van der Waals surface area contributed by atoms with Crippen LogP contribution >= 0.6 is 0 Å². The van der Waals surface area contributed by atoms with E-state index in [2.05, 4.69) is 10.5 Å². The van der Waals surface area contributed by atoms with Crippen molar-refractivity contribution in [3.63, 3.8) is 0 Å². The van der Waals surface area contributed by atoms with E-state index in [1.165, 1.54) is 18.3 Å². The van der Waals surface area contributed by atoms with Crippen molar-refractivity contribution in [2.45, 2.75) is 18.2 Å². The van der Waals surface area contributed by atoms with E-state index < -0.39 is 22.5 Å². The highest BCUT2D eigenvalue weighted by atomic mass is 32.2. The van der Waals surface area contributed by atoms with Gasteiger partial charge in [-0.2, -0.15) is 5.10 Å². The molecule has 0 aliphatic carbocycles. The Morgan fingerprint density at radius 3 is 2.38 bits per heavy atom. The van der Waals surface area contributed by atoms with E-state index in [9.17, 15) is 13.2 Å². The molecule has 0 heterocycles. The van der Waals surface area contributed by atoms with Gasteiger partial charge < -0.3 is 4.74 Å². The summed E-state index contributed by atoms with van der Waals surface area (Å²) in [4.78, 5) is 12.8. The number of benzene rings is 3. The minimum atomic E-state index is -3.97. The van der Waals surface area contributed by atoms with Crippen LogP contribution in [0.25, 0.3) is 0 Å². The largest absolute Gasteiger partial charge is 0.496 e. The fourth-order valence-electron chi connectivity index (χ4n) is 3.19. The molecule has 0 saturated carbocycles. The zero-order valence-corrected chi connectivity index (χ0v) is 18.7. The van der Waals surface area contributed by atoms with Gasteiger partial charge in [-0.3, -0.25) is 9.10 Å². The Morgan fingerprint density at radius 2 is 1.66 bits per heavy atom. The summed E-state index contributed by atoms with van der Waals surface area (Å²) < 4.78 is 33.2. The van der Waals surface area contributed by atoms with Crippen molar-refractivity contribution in [3.8, 4) is 5.75 Å². The summed E-state index contributed by atoms with van der Waals surface area (Å²) in [5, 5.41) is 3.97. The Balaban J connectivity index is 1.87. The average Bonchev–Trinajstić information content (AvgIpc) is 2.83. The van der Waals surface area contributed by atoms with Crippen LogP contribution in [0.3, 0.4) is 0 Å². The second-order valence-electron chi connectivity index (χ2n) is 6.84. The second-order valence-corrected chi connectivity index (χ2v) is 8.70. The third kappa shape index (κ3) is 5.33. The normalized spacial score (nSPS) is 11.3. The molecule has 0 aliphatic rings. The monoisotopic (exact) mass is 451 g/mol. The minimum Gasteiger partial charge on any atom is -0.496 e. The predicted octanol–water partition coefficient (Wildman–Crippen LogP) is 3.60. The lowest BCUT2D eigenvalue weighted by atomic mass is 10.1. The predicted molar refractivity (Wildman–Crippen MR) is 126 cm³/mol. The lowest BCUT2D eigenvalue weighted by Crippen LogP contribution is -2.40. The number of anilines is 1. The van der Waals surface area contributed by atoms with Crippen LogP contribution in [0.4, 0.5) is 5.69 Å². The highest BCUT2D eigenvalue weighted by Gasteiger charge is 2.28. The molecule has 8 heteroatoms. The Labute approximate surface area is 188 Å². The van der Waals surface area contributed by atoms with Crippen molar-refractivity contribution < 1.29 is 17.9 Å². The molecular weight excluding hydrogens is 426 g/mol. The van der Waals surface area contributed by atoms with Crippen LogP contribution in [0.2, 0.25) is 0 Å². The van der Waals surface area contributed by atoms with Crippen LogP contribution in [0.15, 0.2) is 88.9 Å². The van der Waals surface area contributed by atoms with E-state index in [-0.39, 0.29) is 4.90 Å². The number of methoxy groups -OCH3 is 1. The standard InChI is InChI=1S/C24H25N3O4S/c1-3-19-11-7-9-15-22(19)27(32(29,30)21-13-5-4-6-14-21)18-24(28)26-25-17-20-12-8-10-16-23(20)31-2/h4-17H,3,18H2,1-2H3,(H,26,28)/b25-17-. The summed E-state index contributed by atoms with van der Waals surface area (Å²) in [5.74, 6) is 0.0391. The number of rotatable bonds is 9. The van der Waals surface area contributed by atoms with Gasteiger partial charge in [0.15, 0.2) is 0 Å². The molecule has 0 radical (unpaired) electrons. The van der Waals surface area contributed by atoms with E-state index in [1.54, 1.807) is 49.6 Å².